The standard InChI is InChI=1S/C13H23NO3/c1-11(2,3)17-10(15)14-7-6-13(9-16-13)12(4,5)8-14/h6-9H2,1-5H3. The van der Waals surface area contributed by atoms with Crippen molar-refractivity contribution in [2.75, 3.05) is 19.7 Å². The third-order valence-corrected chi connectivity index (χ3v) is 3.75. The summed E-state index contributed by atoms with van der Waals surface area (Å²) in [6, 6.07) is 0. The first-order chi connectivity index (χ1) is 7.65. The van der Waals surface area contributed by atoms with E-state index in [1.54, 1.807) is 4.90 Å². The number of hydrogen-bond acceptors (Lipinski definition) is 3. The monoisotopic (exact) mass is 241 g/mol. The Morgan fingerprint density at radius 3 is 2.35 bits per heavy atom. The number of amides is 1. The van der Waals surface area contributed by atoms with Crippen molar-refractivity contribution in [1.82, 2.24) is 4.90 Å². The molecule has 4 heteroatoms. The number of ether oxygens (including phenoxy) is 2. The van der Waals surface area contributed by atoms with Crippen LogP contribution in [0, 0.1) is 5.41 Å². The average molecular weight is 241 g/mol. The number of nitrogens with zero attached hydrogens (tertiary/aromatic N) is 1. The van der Waals surface area contributed by atoms with E-state index in [1.807, 2.05) is 20.8 Å². The van der Waals surface area contributed by atoms with Crippen molar-refractivity contribution in [3.63, 3.8) is 0 Å². The summed E-state index contributed by atoms with van der Waals surface area (Å²) in [5.74, 6) is 0. The van der Waals surface area contributed by atoms with E-state index in [0.29, 0.717) is 6.54 Å². The summed E-state index contributed by atoms with van der Waals surface area (Å²) in [5.41, 5.74) is -0.389. The van der Waals surface area contributed by atoms with Crippen LogP contribution < -0.4 is 0 Å². The Morgan fingerprint density at radius 2 is 1.94 bits per heavy atom. The minimum atomic E-state index is -0.424. The zero-order valence-corrected chi connectivity index (χ0v) is 11.5. The van der Waals surface area contributed by atoms with Gasteiger partial charge < -0.3 is 14.4 Å². The lowest BCUT2D eigenvalue weighted by Crippen LogP contribution is -2.53. The van der Waals surface area contributed by atoms with Crippen LogP contribution in [0.15, 0.2) is 0 Å². The van der Waals surface area contributed by atoms with Crippen molar-refractivity contribution >= 4 is 6.09 Å². The summed E-state index contributed by atoms with van der Waals surface area (Å²) < 4.78 is 11.0. The average Bonchev–Trinajstić information content (AvgIpc) is 2.88. The lowest BCUT2D eigenvalue weighted by molar-refractivity contribution is -0.0125. The van der Waals surface area contributed by atoms with Gasteiger partial charge in [-0.3, -0.25) is 0 Å². The first-order valence-corrected chi connectivity index (χ1v) is 6.27. The van der Waals surface area contributed by atoms with Crippen LogP contribution >= 0.6 is 0 Å². The molecule has 2 aliphatic heterocycles. The zero-order valence-electron chi connectivity index (χ0n) is 11.5. The van der Waals surface area contributed by atoms with Gasteiger partial charge in [-0.25, -0.2) is 4.79 Å². The highest BCUT2D eigenvalue weighted by molar-refractivity contribution is 5.68. The third kappa shape index (κ3) is 2.41. The van der Waals surface area contributed by atoms with Crippen LogP contribution in [0.3, 0.4) is 0 Å². The Morgan fingerprint density at radius 1 is 1.35 bits per heavy atom. The van der Waals surface area contributed by atoms with Gasteiger partial charge >= 0.3 is 6.09 Å². The molecule has 0 aromatic carbocycles. The number of carbonyl (C=O) groups is 1. The van der Waals surface area contributed by atoms with Gasteiger partial charge in [-0.15, -0.1) is 0 Å². The largest absolute Gasteiger partial charge is 0.444 e. The summed E-state index contributed by atoms with van der Waals surface area (Å²) in [6.07, 6.45) is 0.709. The predicted molar refractivity (Wildman–Crippen MR) is 64.9 cm³/mol. The second-order valence-corrected chi connectivity index (χ2v) is 6.82. The number of carbonyl (C=O) groups excluding carboxylic acids is 1. The van der Waals surface area contributed by atoms with Crippen molar-refractivity contribution in [3.8, 4) is 0 Å². The molecule has 1 unspecified atom stereocenters. The Hall–Kier alpha value is -0.770. The van der Waals surface area contributed by atoms with Gasteiger partial charge in [0.25, 0.3) is 0 Å². The van der Waals surface area contributed by atoms with Crippen molar-refractivity contribution < 1.29 is 14.3 Å². The molecule has 2 saturated heterocycles. The van der Waals surface area contributed by atoms with Crippen molar-refractivity contribution in [2.45, 2.75) is 52.2 Å². The molecule has 2 rings (SSSR count). The van der Waals surface area contributed by atoms with Gasteiger partial charge in [0.15, 0.2) is 0 Å². The lowest BCUT2D eigenvalue weighted by Gasteiger charge is -2.42. The zero-order chi connectivity index (χ0) is 12.9. The number of likely N-dealkylation sites (tertiary alicyclic amines) is 1. The highest BCUT2D eigenvalue weighted by atomic mass is 16.6. The second kappa shape index (κ2) is 3.61. The van der Waals surface area contributed by atoms with E-state index < -0.39 is 5.60 Å². The number of piperidine rings is 1. The summed E-state index contributed by atoms with van der Waals surface area (Å²) in [7, 11) is 0. The first kappa shape index (κ1) is 12.7. The fourth-order valence-corrected chi connectivity index (χ4v) is 2.46. The van der Waals surface area contributed by atoms with Crippen LogP contribution in [0.4, 0.5) is 4.79 Å². The van der Waals surface area contributed by atoms with Crippen LogP contribution in [0.1, 0.15) is 41.0 Å². The van der Waals surface area contributed by atoms with E-state index in [1.165, 1.54) is 0 Å². The van der Waals surface area contributed by atoms with Crippen LogP contribution in [-0.4, -0.2) is 41.9 Å². The van der Waals surface area contributed by atoms with E-state index in [2.05, 4.69) is 13.8 Å². The molecule has 0 saturated carbocycles. The third-order valence-electron chi connectivity index (χ3n) is 3.75. The maximum absolute atomic E-state index is 12.0. The van der Waals surface area contributed by atoms with Gasteiger partial charge in [0.1, 0.15) is 11.2 Å². The molecule has 4 nitrogen and oxygen atoms in total. The van der Waals surface area contributed by atoms with Crippen molar-refractivity contribution in [1.29, 1.82) is 0 Å². The van der Waals surface area contributed by atoms with Gasteiger partial charge in [-0.05, 0) is 27.2 Å². The minimum Gasteiger partial charge on any atom is -0.444 e. The number of epoxide rings is 1. The van der Waals surface area contributed by atoms with Crippen LogP contribution in [0.25, 0.3) is 0 Å². The molecule has 0 aromatic rings. The summed E-state index contributed by atoms with van der Waals surface area (Å²) >= 11 is 0. The van der Waals surface area contributed by atoms with Crippen molar-refractivity contribution in [3.05, 3.63) is 0 Å². The molecule has 2 aliphatic rings. The maximum Gasteiger partial charge on any atom is 0.410 e. The quantitative estimate of drug-likeness (QED) is 0.612. The van der Waals surface area contributed by atoms with Gasteiger partial charge in [0.2, 0.25) is 0 Å². The van der Waals surface area contributed by atoms with Crippen LogP contribution in [0.2, 0.25) is 0 Å². The molecular weight excluding hydrogens is 218 g/mol. The second-order valence-electron chi connectivity index (χ2n) is 6.82. The Kier molecular flexibility index (Phi) is 2.69. The molecule has 0 bridgehead atoms. The molecule has 2 heterocycles. The maximum atomic E-state index is 12.0. The minimum absolute atomic E-state index is 0.0160. The fraction of sp³-hybridized carbons (Fsp3) is 0.923. The molecule has 0 aliphatic carbocycles. The van der Waals surface area contributed by atoms with Crippen molar-refractivity contribution in [2.24, 2.45) is 5.41 Å². The van der Waals surface area contributed by atoms with Gasteiger partial charge in [-0.1, -0.05) is 13.8 Å². The molecule has 2 fully saturated rings. The predicted octanol–water partition coefficient (Wildman–Crippen LogP) is 2.42. The first-order valence-electron chi connectivity index (χ1n) is 6.27. The molecule has 1 spiro atoms. The van der Waals surface area contributed by atoms with E-state index in [0.717, 1.165) is 19.6 Å². The SMILES string of the molecule is CC(C)(C)OC(=O)N1CCC2(CO2)C(C)(C)C1. The van der Waals surface area contributed by atoms with Gasteiger partial charge in [0, 0.05) is 18.5 Å². The van der Waals surface area contributed by atoms with Crippen LogP contribution in [-0.2, 0) is 9.47 Å². The number of rotatable bonds is 0. The smallest absolute Gasteiger partial charge is 0.410 e. The normalized spacial score (nSPS) is 31.5. The Bertz CT molecular complexity index is 326. The van der Waals surface area contributed by atoms with E-state index in [4.69, 9.17) is 9.47 Å². The molecule has 0 aromatic heterocycles. The highest BCUT2D eigenvalue weighted by Gasteiger charge is 2.59. The van der Waals surface area contributed by atoms with E-state index >= 15 is 0 Å². The molecule has 1 atom stereocenters. The van der Waals surface area contributed by atoms with Crippen LogP contribution in [0.5, 0.6) is 0 Å². The summed E-state index contributed by atoms with van der Waals surface area (Å²) in [6.45, 7) is 12.3. The molecule has 1 amide bonds. The molecule has 0 N–H and O–H groups in total. The van der Waals surface area contributed by atoms with Gasteiger partial charge in [-0.2, -0.15) is 0 Å². The molecular formula is C13H23NO3. The Labute approximate surface area is 103 Å². The highest BCUT2D eigenvalue weighted by Crippen LogP contribution is 2.50. The molecule has 0 radical (unpaired) electrons. The topological polar surface area (TPSA) is 42.1 Å². The van der Waals surface area contributed by atoms with Gasteiger partial charge in [0.05, 0.1) is 6.61 Å². The van der Waals surface area contributed by atoms with E-state index in [-0.39, 0.29) is 17.1 Å². The molecule has 17 heavy (non-hydrogen) atoms. The Balaban J connectivity index is 1.98. The lowest BCUT2D eigenvalue weighted by atomic mass is 9.74. The molecule has 98 valence electrons. The summed E-state index contributed by atoms with van der Waals surface area (Å²) in [5, 5.41) is 0. The summed E-state index contributed by atoms with van der Waals surface area (Å²) in [4.78, 5) is 13.8. The fourth-order valence-electron chi connectivity index (χ4n) is 2.46. The number of hydrogen-bond donors (Lipinski definition) is 0. The van der Waals surface area contributed by atoms with E-state index in [9.17, 15) is 4.79 Å².